The average molecular weight is 295 g/mol. The number of aromatic amines is 1. The summed E-state index contributed by atoms with van der Waals surface area (Å²) >= 11 is 0. The van der Waals surface area contributed by atoms with E-state index in [2.05, 4.69) is 15.3 Å². The highest BCUT2D eigenvalue weighted by atomic mass is 16.4. The highest BCUT2D eigenvalue weighted by molar-refractivity contribution is 5.97. The number of carbonyl (C=O) groups excluding carboxylic acids is 1. The van der Waals surface area contributed by atoms with Gasteiger partial charge in [0.1, 0.15) is 17.4 Å². The normalized spacial score (nSPS) is 12.2. The first-order chi connectivity index (χ1) is 9.77. The SMILES string of the molecule is CCCC(NC(=O)c1c(C)nc(C(C)C)[nH]c1=O)C(=O)O. The molecule has 0 aromatic carbocycles. The minimum Gasteiger partial charge on any atom is -0.480 e. The summed E-state index contributed by atoms with van der Waals surface area (Å²) in [6.07, 6.45) is 0.909. The molecule has 0 saturated heterocycles. The summed E-state index contributed by atoms with van der Waals surface area (Å²) < 4.78 is 0. The van der Waals surface area contributed by atoms with Crippen LogP contribution >= 0.6 is 0 Å². The van der Waals surface area contributed by atoms with Gasteiger partial charge in [0.25, 0.3) is 11.5 Å². The Morgan fingerprint density at radius 1 is 1.38 bits per heavy atom. The van der Waals surface area contributed by atoms with E-state index in [1.54, 1.807) is 6.92 Å². The molecule has 0 saturated carbocycles. The molecule has 0 aliphatic heterocycles. The largest absolute Gasteiger partial charge is 0.480 e. The van der Waals surface area contributed by atoms with Crippen molar-refractivity contribution in [1.29, 1.82) is 0 Å². The summed E-state index contributed by atoms with van der Waals surface area (Å²) in [7, 11) is 0. The van der Waals surface area contributed by atoms with E-state index in [1.807, 2.05) is 20.8 Å². The number of aryl methyl sites for hydroxylation is 1. The number of aliphatic carboxylic acids is 1. The highest BCUT2D eigenvalue weighted by Gasteiger charge is 2.23. The Labute approximate surface area is 122 Å². The zero-order valence-corrected chi connectivity index (χ0v) is 12.7. The topological polar surface area (TPSA) is 112 Å². The van der Waals surface area contributed by atoms with E-state index in [1.165, 1.54) is 0 Å². The van der Waals surface area contributed by atoms with Crippen LogP contribution in [-0.4, -0.2) is 33.0 Å². The number of hydrogen-bond donors (Lipinski definition) is 3. The molecule has 0 spiro atoms. The smallest absolute Gasteiger partial charge is 0.326 e. The molecule has 1 unspecified atom stereocenters. The summed E-state index contributed by atoms with van der Waals surface area (Å²) in [6.45, 7) is 7.13. The van der Waals surface area contributed by atoms with Crippen LogP contribution in [-0.2, 0) is 4.79 Å². The van der Waals surface area contributed by atoms with Crippen LogP contribution < -0.4 is 10.9 Å². The molecule has 1 heterocycles. The molecule has 0 aliphatic rings. The lowest BCUT2D eigenvalue weighted by atomic mass is 10.1. The van der Waals surface area contributed by atoms with Crippen LogP contribution in [0.1, 0.15) is 61.4 Å². The maximum Gasteiger partial charge on any atom is 0.326 e. The van der Waals surface area contributed by atoms with Crippen molar-refractivity contribution < 1.29 is 14.7 Å². The number of carbonyl (C=O) groups is 2. The molecule has 7 nitrogen and oxygen atoms in total. The van der Waals surface area contributed by atoms with Gasteiger partial charge >= 0.3 is 5.97 Å². The Hall–Kier alpha value is -2.18. The van der Waals surface area contributed by atoms with Gasteiger partial charge in [-0.1, -0.05) is 27.2 Å². The molecule has 0 radical (unpaired) electrons. The first kappa shape index (κ1) is 16.9. The second-order valence-corrected chi connectivity index (χ2v) is 5.22. The van der Waals surface area contributed by atoms with E-state index in [-0.39, 0.29) is 11.5 Å². The Morgan fingerprint density at radius 3 is 2.43 bits per heavy atom. The van der Waals surface area contributed by atoms with Gasteiger partial charge in [-0.25, -0.2) is 9.78 Å². The second kappa shape index (κ2) is 7.01. The molecule has 1 atom stereocenters. The molecule has 1 aromatic heterocycles. The lowest BCUT2D eigenvalue weighted by Gasteiger charge is -2.14. The fraction of sp³-hybridized carbons (Fsp3) is 0.571. The van der Waals surface area contributed by atoms with Gasteiger partial charge in [0.05, 0.1) is 5.69 Å². The van der Waals surface area contributed by atoms with Crippen molar-refractivity contribution >= 4 is 11.9 Å². The third-order valence-corrected chi connectivity index (χ3v) is 3.07. The lowest BCUT2D eigenvalue weighted by Crippen LogP contribution is -2.43. The summed E-state index contributed by atoms with van der Waals surface area (Å²) in [5, 5.41) is 11.4. The van der Waals surface area contributed by atoms with Crippen molar-refractivity contribution in [3.8, 4) is 0 Å². The van der Waals surface area contributed by atoms with Gasteiger partial charge in [0, 0.05) is 5.92 Å². The van der Waals surface area contributed by atoms with E-state index < -0.39 is 23.5 Å². The van der Waals surface area contributed by atoms with E-state index in [9.17, 15) is 14.4 Å². The molecular weight excluding hydrogens is 274 g/mol. The van der Waals surface area contributed by atoms with Crippen molar-refractivity contribution in [1.82, 2.24) is 15.3 Å². The lowest BCUT2D eigenvalue weighted by molar-refractivity contribution is -0.139. The van der Waals surface area contributed by atoms with Crippen LogP contribution in [0, 0.1) is 6.92 Å². The summed E-state index contributed by atoms with van der Waals surface area (Å²) in [4.78, 5) is 41.9. The second-order valence-electron chi connectivity index (χ2n) is 5.22. The van der Waals surface area contributed by atoms with Gasteiger partial charge in [0.2, 0.25) is 0 Å². The number of rotatable bonds is 6. The molecule has 3 N–H and O–H groups in total. The highest BCUT2D eigenvalue weighted by Crippen LogP contribution is 2.09. The standard InChI is InChI=1S/C14H21N3O4/c1-5-6-9(14(20)21)16-12(18)10-8(4)15-11(7(2)3)17-13(10)19/h7,9H,5-6H2,1-4H3,(H,16,18)(H,20,21)(H,15,17,19). The number of hydrogen-bond acceptors (Lipinski definition) is 4. The minimum absolute atomic E-state index is 0.0281. The van der Waals surface area contributed by atoms with Crippen molar-refractivity contribution in [2.45, 2.75) is 52.5 Å². The Bertz CT molecular complexity index is 592. The van der Waals surface area contributed by atoms with Crippen molar-refractivity contribution in [2.24, 2.45) is 0 Å². The predicted molar refractivity (Wildman–Crippen MR) is 77.5 cm³/mol. The van der Waals surface area contributed by atoms with Crippen LogP contribution in [0.4, 0.5) is 0 Å². The molecule has 1 aromatic rings. The first-order valence-electron chi connectivity index (χ1n) is 6.92. The van der Waals surface area contributed by atoms with Crippen LogP contribution in [0.15, 0.2) is 4.79 Å². The predicted octanol–water partition coefficient (Wildman–Crippen LogP) is 1.18. The summed E-state index contributed by atoms with van der Waals surface area (Å²) in [5.41, 5.74) is -0.397. The number of H-pyrrole nitrogens is 1. The number of aromatic nitrogens is 2. The third-order valence-electron chi connectivity index (χ3n) is 3.07. The van der Waals surface area contributed by atoms with Crippen LogP contribution in [0.3, 0.4) is 0 Å². The Kier molecular flexibility index (Phi) is 5.63. The van der Waals surface area contributed by atoms with E-state index >= 15 is 0 Å². The van der Waals surface area contributed by atoms with Crippen LogP contribution in [0.2, 0.25) is 0 Å². The number of carboxylic acids is 1. The average Bonchev–Trinajstić information content (AvgIpc) is 2.36. The molecule has 21 heavy (non-hydrogen) atoms. The van der Waals surface area contributed by atoms with Gasteiger partial charge < -0.3 is 15.4 Å². The molecule has 0 fully saturated rings. The number of nitrogens with one attached hydrogen (secondary N) is 2. The molecule has 1 rings (SSSR count). The quantitative estimate of drug-likeness (QED) is 0.729. The van der Waals surface area contributed by atoms with E-state index in [0.717, 1.165) is 0 Å². The van der Waals surface area contributed by atoms with Crippen molar-refractivity contribution in [3.63, 3.8) is 0 Å². The van der Waals surface area contributed by atoms with Gasteiger partial charge in [-0.15, -0.1) is 0 Å². The molecule has 1 amide bonds. The van der Waals surface area contributed by atoms with Gasteiger partial charge in [-0.3, -0.25) is 9.59 Å². The maximum absolute atomic E-state index is 12.1. The van der Waals surface area contributed by atoms with E-state index in [0.29, 0.717) is 24.4 Å². The Morgan fingerprint density at radius 2 is 2.00 bits per heavy atom. The third kappa shape index (κ3) is 4.14. The van der Waals surface area contributed by atoms with E-state index in [4.69, 9.17) is 5.11 Å². The Balaban J connectivity index is 3.08. The number of nitrogens with zero attached hydrogens (tertiary/aromatic N) is 1. The van der Waals surface area contributed by atoms with Gasteiger partial charge in [0.15, 0.2) is 0 Å². The summed E-state index contributed by atoms with van der Waals surface area (Å²) in [5.74, 6) is -1.30. The van der Waals surface area contributed by atoms with Crippen LogP contribution in [0.5, 0.6) is 0 Å². The zero-order chi connectivity index (χ0) is 16.2. The summed E-state index contributed by atoms with van der Waals surface area (Å²) in [6, 6.07) is -1.01. The number of amides is 1. The first-order valence-corrected chi connectivity index (χ1v) is 6.92. The van der Waals surface area contributed by atoms with Gasteiger partial charge in [-0.05, 0) is 13.3 Å². The van der Waals surface area contributed by atoms with Crippen molar-refractivity contribution in [3.05, 3.63) is 27.4 Å². The van der Waals surface area contributed by atoms with Gasteiger partial charge in [-0.2, -0.15) is 0 Å². The molecular formula is C14H21N3O4. The monoisotopic (exact) mass is 295 g/mol. The molecule has 0 bridgehead atoms. The molecule has 116 valence electrons. The fourth-order valence-corrected chi connectivity index (χ4v) is 1.92. The van der Waals surface area contributed by atoms with Crippen LogP contribution in [0.25, 0.3) is 0 Å². The van der Waals surface area contributed by atoms with Crippen molar-refractivity contribution in [2.75, 3.05) is 0 Å². The zero-order valence-electron chi connectivity index (χ0n) is 12.7. The molecule has 0 aliphatic carbocycles. The molecule has 7 heteroatoms. The fourth-order valence-electron chi connectivity index (χ4n) is 1.92. The minimum atomic E-state index is -1.12. The number of carboxylic acid groups (broad SMARTS) is 1. The maximum atomic E-state index is 12.1.